The number of carboxylic acids is 1. The summed E-state index contributed by atoms with van der Waals surface area (Å²) < 4.78 is 17.8. The molecule has 0 amide bonds. The number of hydrogen-bond acceptors (Lipinski definition) is 2. The van der Waals surface area contributed by atoms with Gasteiger partial charge in [0, 0.05) is 13.3 Å². The molecule has 0 saturated carbocycles. The summed E-state index contributed by atoms with van der Waals surface area (Å²) in [5.41, 5.74) is 0. The first kappa shape index (κ1) is 13.4. The second kappa shape index (κ2) is 6.76. The van der Waals surface area contributed by atoms with Gasteiger partial charge in [0.2, 0.25) is 0 Å². The predicted octanol–water partition coefficient (Wildman–Crippen LogP) is 2.25. The van der Waals surface area contributed by atoms with Gasteiger partial charge in [0.1, 0.15) is 6.17 Å². The number of hydrogen-bond donors (Lipinski definition) is 1. The molecule has 3 atom stereocenters. The number of aliphatic carboxylic acids is 1. The minimum absolute atomic E-state index is 0.181. The summed E-state index contributed by atoms with van der Waals surface area (Å²) in [7, 11) is 0. The Bertz CT molecular complexity index is 169. The molecule has 1 fully saturated rings. The molecule has 1 rings (SSSR count). The van der Waals surface area contributed by atoms with Crippen molar-refractivity contribution in [1.29, 1.82) is 0 Å². The molecule has 0 radical (unpaired) electrons. The highest BCUT2D eigenvalue weighted by Crippen LogP contribution is 2.24. The lowest BCUT2D eigenvalue weighted by atomic mass is 9.99. The van der Waals surface area contributed by atoms with Crippen LogP contribution in [0.25, 0.3) is 0 Å². The van der Waals surface area contributed by atoms with Gasteiger partial charge in [0.15, 0.2) is 0 Å². The summed E-state index contributed by atoms with van der Waals surface area (Å²) in [6, 6.07) is 0. The fourth-order valence-corrected chi connectivity index (χ4v) is 1.28. The number of rotatable bonds is 2. The standard InChI is InChI=1S/C8H15FO.C2H4O2/c1-3-6(2)8-4-7(9)5-10-8;1-2(3)4/h6-8H,3-5H2,1-2H3;1H3,(H,3,4). The van der Waals surface area contributed by atoms with Gasteiger partial charge in [-0.2, -0.15) is 0 Å². The Morgan fingerprint density at radius 2 is 2.21 bits per heavy atom. The molecule has 3 nitrogen and oxygen atoms in total. The summed E-state index contributed by atoms with van der Waals surface area (Å²) in [5, 5.41) is 7.42. The first-order valence-electron chi connectivity index (χ1n) is 4.92. The van der Waals surface area contributed by atoms with Gasteiger partial charge in [-0.3, -0.25) is 4.79 Å². The molecule has 0 bridgehead atoms. The van der Waals surface area contributed by atoms with E-state index < -0.39 is 12.1 Å². The van der Waals surface area contributed by atoms with E-state index in [1.807, 2.05) is 0 Å². The van der Waals surface area contributed by atoms with Crippen molar-refractivity contribution in [3.8, 4) is 0 Å². The second-order valence-electron chi connectivity index (χ2n) is 3.61. The molecule has 0 spiro atoms. The molecular formula is C10H19FO3. The lowest BCUT2D eigenvalue weighted by Crippen LogP contribution is -2.15. The third kappa shape index (κ3) is 5.91. The molecule has 4 heteroatoms. The Labute approximate surface area is 84.3 Å². The maximum absolute atomic E-state index is 12.5. The average molecular weight is 206 g/mol. The van der Waals surface area contributed by atoms with E-state index in [0.29, 0.717) is 18.9 Å². The van der Waals surface area contributed by atoms with Crippen molar-refractivity contribution in [3.63, 3.8) is 0 Å². The van der Waals surface area contributed by atoms with Crippen molar-refractivity contribution < 1.29 is 19.0 Å². The van der Waals surface area contributed by atoms with Crippen LogP contribution in [0.3, 0.4) is 0 Å². The fourth-order valence-electron chi connectivity index (χ4n) is 1.28. The Hall–Kier alpha value is -0.640. The number of alkyl halides is 1. The molecule has 0 aromatic rings. The van der Waals surface area contributed by atoms with E-state index in [0.717, 1.165) is 13.3 Å². The van der Waals surface area contributed by atoms with Gasteiger partial charge in [-0.15, -0.1) is 0 Å². The molecule has 14 heavy (non-hydrogen) atoms. The maximum Gasteiger partial charge on any atom is 0.300 e. The van der Waals surface area contributed by atoms with Crippen LogP contribution in [0.15, 0.2) is 0 Å². The van der Waals surface area contributed by atoms with Crippen LogP contribution in [0.4, 0.5) is 4.39 Å². The van der Waals surface area contributed by atoms with E-state index >= 15 is 0 Å². The zero-order valence-electron chi connectivity index (χ0n) is 9.00. The third-order valence-corrected chi connectivity index (χ3v) is 2.26. The predicted molar refractivity (Wildman–Crippen MR) is 52.0 cm³/mol. The van der Waals surface area contributed by atoms with Crippen LogP contribution in [0.1, 0.15) is 33.6 Å². The molecule has 1 N–H and O–H groups in total. The molecular weight excluding hydrogens is 187 g/mol. The van der Waals surface area contributed by atoms with Crippen molar-refractivity contribution in [3.05, 3.63) is 0 Å². The van der Waals surface area contributed by atoms with Crippen molar-refractivity contribution >= 4 is 5.97 Å². The zero-order valence-corrected chi connectivity index (χ0v) is 9.00. The van der Waals surface area contributed by atoms with Crippen molar-refractivity contribution in [2.45, 2.75) is 45.9 Å². The van der Waals surface area contributed by atoms with Crippen LogP contribution in [0.2, 0.25) is 0 Å². The number of ether oxygens (including phenoxy) is 1. The van der Waals surface area contributed by atoms with E-state index in [2.05, 4.69) is 13.8 Å². The minimum atomic E-state index is -0.833. The molecule has 3 unspecified atom stereocenters. The maximum atomic E-state index is 12.5. The Balaban J connectivity index is 0.000000364. The van der Waals surface area contributed by atoms with Gasteiger partial charge >= 0.3 is 0 Å². The van der Waals surface area contributed by atoms with E-state index in [1.165, 1.54) is 0 Å². The lowest BCUT2D eigenvalue weighted by Gasteiger charge is -2.15. The van der Waals surface area contributed by atoms with E-state index in [4.69, 9.17) is 14.6 Å². The number of carboxylic acid groups (broad SMARTS) is 1. The van der Waals surface area contributed by atoms with Crippen LogP contribution in [-0.2, 0) is 9.53 Å². The molecule has 0 aliphatic carbocycles. The minimum Gasteiger partial charge on any atom is -0.481 e. The Morgan fingerprint density at radius 1 is 1.71 bits per heavy atom. The van der Waals surface area contributed by atoms with E-state index in [1.54, 1.807) is 0 Å². The van der Waals surface area contributed by atoms with E-state index in [9.17, 15) is 4.39 Å². The molecule has 0 aromatic heterocycles. The first-order chi connectivity index (χ1) is 6.47. The SMILES string of the molecule is CC(=O)O.CCC(C)C1CC(F)CO1. The van der Waals surface area contributed by atoms with Crippen molar-refractivity contribution in [1.82, 2.24) is 0 Å². The summed E-state index contributed by atoms with van der Waals surface area (Å²) in [6.45, 7) is 5.62. The summed E-state index contributed by atoms with van der Waals surface area (Å²) in [4.78, 5) is 9.00. The van der Waals surface area contributed by atoms with Gasteiger partial charge in [0.05, 0.1) is 12.7 Å². The summed E-state index contributed by atoms with van der Waals surface area (Å²) >= 11 is 0. The van der Waals surface area contributed by atoms with Gasteiger partial charge in [-0.25, -0.2) is 4.39 Å². The van der Waals surface area contributed by atoms with Crippen molar-refractivity contribution in [2.75, 3.05) is 6.61 Å². The quantitative estimate of drug-likeness (QED) is 0.753. The van der Waals surface area contributed by atoms with Crippen molar-refractivity contribution in [2.24, 2.45) is 5.92 Å². The Morgan fingerprint density at radius 3 is 2.50 bits per heavy atom. The third-order valence-electron chi connectivity index (χ3n) is 2.26. The molecule has 1 aliphatic rings. The normalized spacial score (nSPS) is 27.7. The number of halogens is 1. The van der Waals surface area contributed by atoms with Gasteiger partial charge in [-0.1, -0.05) is 20.3 Å². The summed E-state index contributed by atoms with van der Waals surface area (Å²) in [6.07, 6.45) is 1.16. The molecule has 1 saturated heterocycles. The molecule has 1 aliphatic heterocycles. The van der Waals surface area contributed by atoms with Crippen LogP contribution in [0, 0.1) is 5.92 Å². The topological polar surface area (TPSA) is 46.5 Å². The molecule has 0 aromatic carbocycles. The smallest absolute Gasteiger partial charge is 0.300 e. The average Bonchev–Trinajstić information content (AvgIpc) is 2.49. The highest BCUT2D eigenvalue weighted by atomic mass is 19.1. The largest absolute Gasteiger partial charge is 0.481 e. The van der Waals surface area contributed by atoms with Crippen LogP contribution in [0.5, 0.6) is 0 Å². The molecule has 84 valence electrons. The summed E-state index contributed by atoms with van der Waals surface area (Å²) in [5.74, 6) is -0.319. The second-order valence-corrected chi connectivity index (χ2v) is 3.61. The Kier molecular flexibility index (Phi) is 6.45. The van der Waals surface area contributed by atoms with E-state index in [-0.39, 0.29) is 6.10 Å². The zero-order chi connectivity index (χ0) is 11.1. The highest BCUT2D eigenvalue weighted by molar-refractivity contribution is 5.62. The lowest BCUT2D eigenvalue weighted by molar-refractivity contribution is -0.134. The number of carbonyl (C=O) groups is 1. The highest BCUT2D eigenvalue weighted by Gasteiger charge is 2.28. The fraction of sp³-hybridized carbons (Fsp3) is 0.900. The van der Waals surface area contributed by atoms with Gasteiger partial charge in [0.25, 0.3) is 5.97 Å². The van der Waals surface area contributed by atoms with Crippen LogP contribution in [-0.4, -0.2) is 30.0 Å². The van der Waals surface area contributed by atoms with Gasteiger partial charge in [-0.05, 0) is 5.92 Å². The van der Waals surface area contributed by atoms with Crippen LogP contribution >= 0.6 is 0 Å². The molecule has 1 heterocycles. The van der Waals surface area contributed by atoms with Gasteiger partial charge < -0.3 is 9.84 Å². The first-order valence-corrected chi connectivity index (χ1v) is 4.92. The van der Waals surface area contributed by atoms with Crippen LogP contribution < -0.4 is 0 Å². The monoisotopic (exact) mass is 206 g/mol.